The summed E-state index contributed by atoms with van der Waals surface area (Å²) in [6.07, 6.45) is 1.54. The molecule has 0 saturated carbocycles. The van der Waals surface area contributed by atoms with Gasteiger partial charge in [0.25, 0.3) is 5.91 Å². The summed E-state index contributed by atoms with van der Waals surface area (Å²) in [5.41, 5.74) is 5.04. The van der Waals surface area contributed by atoms with Crippen molar-refractivity contribution in [3.05, 3.63) is 113 Å². The van der Waals surface area contributed by atoms with Gasteiger partial charge in [-0.2, -0.15) is 0 Å². The monoisotopic (exact) mass is 469 g/mol. The van der Waals surface area contributed by atoms with Gasteiger partial charge in [-0.15, -0.1) is 0 Å². The summed E-state index contributed by atoms with van der Waals surface area (Å²) >= 11 is 1.53. The molecular weight excluding hydrogens is 446 g/mol. The number of amides is 1. The number of rotatable bonds is 5. The van der Waals surface area contributed by atoms with Crippen molar-refractivity contribution in [1.29, 1.82) is 0 Å². The molecule has 170 valence electrons. The van der Waals surface area contributed by atoms with Crippen molar-refractivity contribution in [2.45, 2.75) is 36.8 Å². The van der Waals surface area contributed by atoms with Crippen molar-refractivity contribution < 1.29 is 18.7 Å². The summed E-state index contributed by atoms with van der Waals surface area (Å²) in [6.45, 7) is 4.54. The zero-order valence-electron chi connectivity index (χ0n) is 18.9. The first-order valence-electron chi connectivity index (χ1n) is 11.0. The molecule has 0 saturated heterocycles. The molecule has 0 N–H and O–H groups in total. The molecule has 0 aliphatic carbocycles. The maximum Gasteiger partial charge on any atom is 0.338 e. The van der Waals surface area contributed by atoms with E-state index in [-0.39, 0.29) is 12.5 Å². The summed E-state index contributed by atoms with van der Waals surface area (Å²) in [7, 11) is 0. The molecule has 0 radical (unpaired) electrons. The zero-order chi connectivity index (χ0) is 23.7. The van der Waals surface area contributed by atoms with E-state index in [0.29, 0.717) is 29.1 Å². The second kappa shape index (κ2) is 9.23. The maximum absolute atomic E-state index is 13.7. The molecule has 0 unspecified atom stereocenters. The Morgan fingerprint density at radius 1 is 0.971 bits per heavy atom. The van der Waals surface area contributed by atoms with Gasteiger partial charge in [-0.1, -0.05) is 47.7 Å². The topological polar surface area (TPSA) is 59.8 Å². The summed E-state index contributed by atoms with van der Waals surface area (Å²) in [5.74, 6) is 0.00907. The van der Waals surface area contributed by atoms with Crippen LogP contribution < -0.4 is 4.90 Å². The van der Waals surface area contributed by atoms with Gasteiger partial charge >= 0.3 is 5.97 Å². The number of esters is 1. The minimum Gasteiger partial charge on any atom is -0.466 e. The van der Waals surface area contributed by atoms with Gasteiger partial charge in [-0.3, -0.25) is 4.79 Å². The van der Waals surface area contributed by atoms with Gasteiger partial charge in [-0.25, -0.2) is 4.79 Å². The highest BCUT2D eigenvalue weighted by Gasteiger charge is 2.28. The summed E-state index contributed by atoms with van der Waals surface area (Å²) in [4.78, 5) is 30.1. The highest BCUT2D eigenvalue weighted by Crippen LogP contribution is 2.42. The highest BCUT2D eigenvalue weighted by molar-refractivity contribution is 7.99. The molecule has 1 aliphatic heterocycles. The normalized spacial score (nSPS) is 12.6. The van der Waals surface area contributed by atoms with Crippen molar-refractivity contribution >= 4 is 29.3 Å². The van der Waals surface area contributed by atoms with E-state index in [4.69, 9.17) is 9.15 Å². The van der Waals surface area contributed by atoms with Gasteiger partial charge in [0.15, 0.2) is 0 Å². The lowest BCUT2D eigenvalue weighted by atomic mass is 10.0. The van der Waals surface area contributed by atoms with E-state index in [1.54, 1.807) is 29.2 Å². The molecule has 0 fully saturated rings. The molecule has 3 aromatic carbocycles. The van der Waals surface area contributed by atoms with Gasteiger partial charge in [0.05, 0.1) is 29.6 Å². The zero-order valence-corrected chi connectivity index (χ0v) is 19.7. The summed E-state index contributed by atoms with van der Waals surface area (Å²) in [5, 5.41) is 0. The molecule has 6 heteroatoms. The predicted molar refractivity (Wildman–Crippen MR) is 131 cm³/mol. The fourth-order valence-corrected chi connectivity index (χ4v) is 5.02. The number of carbonyl (C=O) groups is 2. The number of nitrogens with zero attached hydrogens (tertiary/aromatic N) is 1. The van der Waals surface area contributed by atoms with Crippen LogP contribution in [0.15, 0.2) is 93.3 Å². The van der Waals surface area contributed by atoms with Crippen molar-refractivity contribution in [1.82, 2.24) is 0 Å². The van der Waals surface area contributed by atoms with Crippen molar-refractivity contribution in [2.24, 2.45) is 0 Å². The molecule has 0 spiro atoms. The van der Waals surface area contributed by atoms with Crippen LogP contribution >= 0.6 is 11.8 Å². The Hall–Kier alpha value is -3.77. The van der Waals surface area contributed by atoms with E-state index in [1.165, 1.54) is 18.0 Å². The number of fused-ring (bicyclic) bond motifs is 2. The average molecular weight is 470 g/mol. The van der Waals surface area contributed by atoms with Crippen LogP contribution in [-0.2, 0) is 17.9 Å². The lowest BCUT2D eigenvalue weighted by molar-refractivity contribution is 0.0445. The minimum atomic E-state index is -0.468. The Kier molecular flexibility index (Phi) is 5.99. The van der Waals surface area contributed by atoms with Gasteiger partial charge in [-0.05, 0) is 67.4 Å². The Bertz CT molecular complexity index is 1380. The molecule has 0 bridgehead atoms. The van der Waals surface area contributed by atoms with Crippen LogP contribution in [0.1, 0.15) is 43.2 Å². The van der Waals surface area contributed by atoms with Crippen LogP contribution in [0.25, 0.3) is 0 Å². The number of ether oxygens (including phenoxy) is 1. The van der Waals surface area contributed by atoms with Gasteiger partial charge in [0.2, 0.25) is 0 Å². The lowest BCUT2D eigenvalue weighted by Crippen LogP contribution is -2.31. The number of hydrogen-bond acceptors (Lipinski definition) is 5. The lowest BCUT2D eigenvalue weighted by Gasteiger charge is -2.24. The van der Waals surface area contributed by atoms with E-state index < -0.39 is 5.97 Å². The van der Waals surface area contributed by atoms with E-state index >= 15 is 0 Å². The molecule has 1 aromatic heterocycles. The highest BCUT2D eigenvalue weighted by atomic mass is 32.2. The second-order valence-corrected chi connectivity index (χ2v) is 9.34. The Balaban J connectivity index is 1.54. The molecule has 5 nitrogen and oxygen atoms in total. The van der Waals surface area contributed by atoms with E-state index in [2.05, 4.69) is 18.2 Å². The van der Waals surface area contributed by atoms with Crippen LogP contribution in [0.3, 0.4) is 0 Å². The Morgan fingerprint density at radius 3 is 2.65 bits per heavy atom. The fraction of sp³-hybridized carbons (Fsp3) is 0.143. The third-order valence-corrected chi connectivity index (χ3v) is 6.97. The maximum atomic E-state index is 13.7. The van der Waals surface area contributed by atoms with Crippen molar-refractivity contribution in [3.63, 3.8) is 0 Å². The standard InChI is InChI=1S/C28H23NO4S/c1-18-9-10-19(2)21(14-18)16-29-24-15-20(28(31)33-17-22-6-5-13-32-22)11-12-26(24)34-25-8-4-3-7-23(25)27(29)30/h3-15H,16-17H2,1-2H3. The predicted octanol–water partition coefficient (Wildman–Crippen LogP) is 6.57. The summed E-state index contributed by atoms with van der Waals surface area (Å²) < 4.78 is 10.7. The largest absolute Gasteiger partial charge is 0.466 e. The Morgan fingerprint density at radius 2 is 1.82 bits per heavy atom. The SMILES string of the molecule is Cc1ccc(C)c(CN2C(=O)c3ccccc3Sc3ccc(C(=O)OCc4ccco4)cc32)c1. The first kappa shape index (κ1) is 22.0. The molecule has 34 heavy (non-hydrogen) atoms. The van der Waals surface area contributed by atoms with Crippen LogP contribution in [0.2, 0.25) is 0 Å². The number of aryl methyl sites for hydroxylation is 2. The minimum absolute atomic E-state index is 0.0498. The van der Waals surface area contributed by atoms with Crippen LogP contribution in [0.5, 0.6) is 0 Å². The smallest absolute Gasteiger partial charge is 0.338 e. The second-order valence-electron chi connectivity index (χ2n) is 8.26. The molecule has 1 aliphatic rings. The molecule has 4 aromatic rings. The number of hydrogen-bond donors (Lipinski definition) is 0. The first-order valence-corrected chi connectivity index (χ1v) is 11.8. The molecular formula is C28H23NO4S. The molecule has 1 amide bonds. The average Bonchev–Trinajstić information content (AvgIpc) is 3.33. The fourth-order valence-electron chi connectivity index (χ4n) is 3.96. The van der Waals surface area contributed by atoms with Gasteiger partial charge in [0.1, 0.15) is 12.4 Å². The van der Waals surface area contributed by atoms with Gasteiger partial charge < -0.3 is 14.1 Å². The number of carbonyl (C=O) groups excluding carboxylic acids is 2. The number of benzene rings is 3. The van der Waals surface area contributed by atoms with E-state index in [0.717, 1.165) is 26.5 Å². The first-order chi connectivity index (χ1) is 16.5. The van der Waals surface area contributed by atoms with Crippen LogP contribution in [0, 0.1) is 13.8 Å². The molecule has 0 atom stereocenters. The van der Waals surface area contributed by atoms with E-state index in [9.17, 15) is 9.59 Å². The summed E-state index contributed by atoms with van der Waals surface area (Å²) in [6, 6.07) is 22.7. The van der Waals surface area contributed by atoms with Crippen LogP contribution in [-0.4, -0.2) is 11.9 Å². The van der Waals surface area contributed by atoms with Crippen LogP contribution in [0.4, 0.5) is 5.69 Å². The Labute approximate surface area is 202 Å². The number of furan rings is 1. The quantitative estimate of drug-likeness (QED) is 0.310. The number of anilines is 1. The third kappa shape index (κ3) is 4.37. The van der Waals surface area contributed by atoms with Crippen molar-refractivity contribution in [3.8, 4) is 0 Å². The van der Waals surface area contributed by atoms with E-state index in [1.807, 2.05) is 44.2 Å². The van der Waals surface area contributed by atoms with Gasteiger partial charge in [0, 0.05) is 9.79 Å². The third-order valence-electron chi connectivity index (χ3n) is 5.83. The molecule has 2 heterocycles. The van der Waals surface area contributed by atoms with Crippen molar-refractivity contribution in [2.75, 3.05) is 4.90 Å². The molecule has 5 rings (SSSR count).